The van der Waals surface area contributed by atoms with Gasteiger partial charge in [-0.1, -0.05) is 6.07 Å². The number of benzene rings is 1. The largest absolute Gasteiger partial charge is 0.496 e. The highest BCUT2D eigenvalue weighted by molar-refractivity contribution is 5.42. The lowest BCUT2D eigenvalue weighted by molar-refractivity contribution is 0.181. The van der Waals surface area contributed by atoms with Crippen LogP contribution in [0.5, 0.6) is 5.75 Å². The van der Waals surface area contributed by atoms with Crippen LogP contribution < -0.4 is 9.64 Å². The van der Waals surface area contributed by atoms with E-state index in [9.17, 15) is 0 Å². The van der Waals surface area contributed by atoms with Crippen molar-refractivity contribution in [3.05, 3.63) is 47.4 Å². The summed E-state index contributed by atoms with van der Waals surface area (Å²) >= 11 is 0. The van der Waals surface area contributed by atoms with Crippen LogP contribution in [0, 0.1) is 6.92 Å². The summed E-state index contributed by atoms with van der Waals surface area (Å²) < 4.78 is 10.7. The SMILES string of the molecule is COCc1cc(CN2CCN(c3nccnc3C)CC2)ccc1OC. The molecule has 0 atom stereocenters. The lowest BCUT2D eigenvalue weighted by atomic mass is 10.1. The van der Waals surface area contributed by atoms with Crippen molar-refractivity contribution >= 4 is 5.82 Å². The van der Waals surface area contributed by atoms with Crippen LogP contribution in [0.3, 0.4) is 0 Å². The highest BCUT2D eigenvalue weighted by atomic mass is 16.5. The Balaban J connectivity index is 1.61. The topological polar surface area (TPSA) is 50.7 Å². The van der Waals surface area contributed by atoms with Crippen LogP contribution in [0.15, 0.2) is 30.6 Å². The lowest BCUT2D eigenvalue weighted by Crippen LogP contribution is -2.46. The van der Waals surface area contributed by atoms with Crippen molar-refractivity contribution < 1.29 is 9.47 Å². The summed E-state index contributed by atoms with van der Waals surface area (Å²) in [5.74, 6) is 1.89. The first-order chi connectivity index (χ1) is 12.2. The predicted molar refractivity (Wildman–Crippen MR) is 98.0 cm³/mol. The standard InChI is InChI=1S/C19H26N4O2/c1-15-19(21-7-6-20-15)23-10-8-22(9-11-23)13-16-4-5-18(25-3)17(12-16)14-24-2/h4-7,12H,8-11,13-14H2,1-3H3. The van der Waals surface area contributed by atoms with Gasteiger partial charge in [0.25, 0.3) is 0 Å². The molecule has 0 aliphatic carbocycles. The minimum Gasteiger partial charge on any atom is -0.496 e. The number of aromatic nitrogens is 2. The quantitative estimate of drug-likeness (QED) is 0.803. The van der Waals surface area contributed by atoms with Gasteiger partial charge in [0.05, 0.1) is 19.4 Å². The Morgan fingerprint density at radius 3 is 2.48 bits per heavy atom. The van der Waals surface area contributed by atoms with E-state index in [2.05, 4.69) is 31.9 Å². The van der Waals surface area contributed by atoms with Gasteiger partial charge in [0.2, 0.25) is 0 Å². The highest BCUT2D eigenvalue weighted by Crippen LogP contribution is 2.22. The zero-order chi connectivity index (χ0) is 17.6. The third kappa shape index (κ3) is 4.27. The van der Waals surface area contributed by atoms with Crippen LogP contribution in [0.25, 0.3) is 0 Å². The van der Waals surface area contributed by atoms with Gasteiger partial charge < -0.3 is 14.4 Å². The first-order valence-electron chi connectivity index (χ1n) is 8.61. The lowest BCUT2D eigenvalue weighted by Gasteiger charge is -2.35. The van der Waals surface area contributed by atoms with Gasteiger partial charge in [0.1, 0.15) is 11.6 Å². The molecular formula is C19H26N4O2. The normalized spacial score (nSPS) is 15.4. The molecule has 25 heavy (non-hydrogen) atoms. The van der Waals surface area contributed by atoms with Gasteiger partial charge in [0.15, 0.2) is 0 Å². The molecule has 1 aliphatic rings. The molecule has 0 spiro atoms. The zero-order valence-corrected chi connectivity index (χ0v) is 15.2. The molecule has 0 unspecified atom stereocenters. The number of hydrogen-bond donors (Lipinski definition) is 0. The molecule has 0 saturated carbocycles. The monoisotopic (exact) mass is 342 g/mol. The second kappa shape index (κ2) is 8.27. The Morgan fingerprint density at radius 2 is 1.80 bits per heavy atom. The van der Waals surface area contributed by atoms with Gasteiger partial charge >= 0.3 is 0 Å². The Morgan fingerprint density at radius 1 is 1.04 bits per heavy atom. The molecule has 1 aromatic carbocycles. The molecule has 6 nitrogen and oxygen atoms in total. The fourth-order valence-corrected chi connectivity index (χ4v) is 3.29. The first kappa shape index (κ1) is 17.6. The fraction of sp³-hybridized carbons (Fsp3) is 0.474. The van der Waals surface area contributed by atoms with Gasteiger partial charge in [0, 0.05) is 57.8 Å². The summed E-state index contributed by atoms with van der Waals surface area (Å²) in [6.45, 7) is 7.50. The van der Waals surface area contributed by atoms with Crippen molar-refractivity contribution in [3.8, 4) is 5.75 Å². The third-order valence-electron chi connectivity index (χ3n) is 4.58. The summed E-state index contributed by atoms with van der Waals surface area (Å²) in [7, 11) is 3.40. The van der Waals surface area contributed by atoms with Crippen molar-refractivity contribution in [3.63, 3.8) is 0 Å². The number of nitrogens with zero attached hydrogens (tertiary/aromatic N) is 4. The third-order valence-corrected chi connectivity index (χ3v) is 4.58. The number of methoxy groups -OCH3 is 2. The van der Waals surface area contributed by atoms with Gasteiger partial charge in [-0.05, 0) is 24.6 Å². The van der Waals surface area contributed by atoms with Crippen molar-refractivity contribution in [2.75, 3.05) is 45.3 Å². The Hall–Kier alpha value is -2.18. The van der Waals surface area contributed by atoms with E-state index in [1.54, 1.807) is 26.6 Å². The molecule has 0 N–H and O–H groups in total. The average molecular weight is 342 g/mol. The number of rotatable bonds is 6. The molecule has 6 heteroatoms. The molecule has 1 saturated heterocycles. The molecule has 1 fully saturated rings. The van der Waals surface area contributed by atoms with E-state index in [0.717, 1.165) is 55.5 Å². The van der Waals surface area contributed by atoms with E-state index in [1.165, 1.54) is 5.56 Å². The van der Waals surface area contributed by atoms with Crippen LogP contribution >= 0.6 is 0 Å². The smallest absolute Gasteiger partial charge is 0.150 e. The van der Waals surface area contributed by atoms with Gasteiger partial charge in [-0.25, -0.2) is 4.98 Å². The Kier molecular flexibility index (Phi) is 5.83. The minimum atomic E-state index is 0.566. The summed E-state index contributed by atoms with van der Waals surface area (Å²) in [4.78, 5) is 13.6. The van der Waals surface area contributed by atoms with Gasteiger partial charge in [-0.3, -0.25) is 9.88 Å². The molecule has 0 amide bonds. The summed E-state index contributed by atoms with van der Waals surface area (Å²) in [6, 6.07) is 6.35. The van der Waals surface area contributed by atoms with E-state index < -0.39 is 0 Å². The van der Waals surface area contributed by atoms with Crippen molar-refractivity contribution in [1.29, 1.82) is 0 Å². The Bertz CT molecular complexity index is 700. The maximum Gasteiger partial charge on any atom is 0.150 e. The van der Waals surface area contributed by atoms with E-state index in [4.69, 9.17) is 9.47 Å². The molecule has 3 rings (SSSR count). The summed E-state index contributed by atoms with van der Waals surface area (Å²) in [5, 5.41) is 0. The fourth-order valence-electron chi connectivity index (χ4n) is 3.29. The molecule has 2 aromatic rings. The molecule has 134 valence electrons. The van der Waals surface area contributed by atoms with Crippen LogP contribution in [-0.2, 0) is 17.9 Å². The second-order valence-corrected chi connectivity index (χ2v) is 6.31. The van der Waals surface area contributed by atoms with Crippen LogP contribution in [-0.4, -0.2) is 55.3 Å². The van der Waals surface area contributed by atoms with E-state index in [1.807, 2.05) is 13.0 Å². The summed E-state index contributed by atoms with van der Waals surface area (Å²) in [5.41, 5.74) is 3.38. The zero-order valence-electron chi connectivity index (χ0n) is 15.2. The Labute approximate surface area is 149 Å². The molecule has 2 heterocycles. The average Bonchev–Trinajstić information content (AvgIpc) is 2.64. The van der Waals surface area contributed by atoms with Crippen LogP contribution in [0.4, 0.5) is 5.82 Å². The van der Waals surface area contributed by atoms with Crippen LogP contribution in [0.1, 0.15) is 16.8 Å². The molecule has 1 aliphatic heterocycles. The number of aryl methyl sites for hydroxylation is 1. The van der Waals surface area contributed by atoms with Crippen LogP contribution in [0.2, 0.25) is 0 Å². The summed E-state index contributed by atoms with van der Waals surface area (Å²) in [6.07, 6.45) is 3.51. The second-order valence-electron chi connectivity index (χ2n) is 6.31. The number of hydrogen-bond acceptors (Lipinski definition) is 6. The van der Waals surface area contributed by atoms with E-state index >= 15 is 0 Å². The van der Waals surface area contributed by atoms with E-state index in [0.29, 0.717) is 6.61 Å². The molecule has 1 aromatic heterocycles. The number of piperazine rings is 1. The predicted octanol–water partition coefficient (Wildman–Crippen LogP) is 2.26. The molecular weight excluding hydrogens is 316 g/mol. The number of ether oxygens (including phenoxy) is 2. The number of anilines is 1. The maximum atomic E-state index is 5.40. The van der Waals surface area contributed by atoms with Crippen molar-refractivity contribution in [2.45, 2.75) is 20.1 Å². The molecule has 0 radical (unpaired) electrons. The maximum absolute atomic E-state index is 5.40. The van der Waals surface area contributed by atoms with Gasteiger partial charge in [-0.2, -0.15) is 0 Å². The van der Waals surface area contributed by atoms with E-state index in [-0.39, 0.29) is 0 Å². The highest BCUT2D eigenvalue weighted by Gasteiger charge is 2.20. The van der Waals surface area contributed by atoms with Gasteiger partial charge in [-0.15, -0.1) is 0 Å². The molecule has 0 bridgehead atoms. The van der Waals surface area contributed by atoms with Crippen molar-refractivity contribution in [2.24, 2.45) is 0 Å². The first-order valence-corrected chi connectivity index (χ1v) is 8.61. The van der Waals surface area contributed by atoms with Crippen molar-refractivity contribution in [1.82, 2.24) is 14.9 Å². The minimum absolute atomic E-state index is 0.566.